The Morgan fingerprint density at radius 1 is 1.53 bits per heavy atom. The number of anilines is 1. The van der Waals surface area contributed by atoms with E-state index < -0.39 is 11.0 Å². The lowest BCUT2D eigenvalue weighted by Gasteiger charge is -2.18. The zero-order valence-electron chi connectivity index (χ0n) is 10.5. The van der Waals surface area contributed by atoms with Gasteiger partial charge in [0.2, 0.25) is 0 Å². The Morgan fingerprint density at radius 2 is 2.12 bits per heavy atom. The Labute approximate surface area is 105 Å². The van der Waals surface area contributed by atoms with Gasteiger partial charge in [0.05, 0.1) is 11.0 Å². The van der Waals surface area contributed by atoms with Crippen LogP contribution < -0.4 is 4.90 Å². The molecule has 0 aliphatic heterocycles. The fraction of sp³-hybridized carbons (Fsp3) is 0.636. The molecule has 0 aromatic carbocycles. The minimum atomic E-state index is -0.667. The van der Waals surface area contributed by atoms with Gasteiger partial charge in [-0.2, -0.15) is 0 Å². The zero-order chi connectivity index (χ0) is 13.2. The van der Waals surface area contributed by atoms with E-state index in [4.69, 9.17) is 0 Å². The predicted octanol–water partition coefficient (Wildman–Crippen LogP) is 2.80. The number of nitro groups is 1. The van der Waals surface area contributed by atoms with E-state index in [9.17, 15) is 15.2 Å². The second-order valence-corrected chi connectivity index (χ2v) is 5.61. The van der Waals surface area contributed by atoms with E-state index in [-0.39, 0.29) is 5.69 Å². The molecule has 0 aliphatic carbocycles. The van der Waals surface area contributed by atoms with Crippen LogP contribution in [0, 0.1) is 16.0 Å². The van der Waals surface area contributed by atoms with Crippen molar-refractivity contribution in [3.8, 4) is 0 Å². The zero-order valence-corrected chi connectivity index (χ0v) is 11.3. The molecule has 1 aromatic rings. The van der Waals surface area contributed by atoms with Gasteiger partial charge in [-0.15, -0.1) is 11.3 Å². The van der Waals surface area contributed by atoms with Crippen molar-refractivity contribution in [2.45, 2.75) is 26.9 Å². The summed E-state index contributed by atoms with van der Waals surface area (Å²) in [5, 5.41) is 21.0. The molecule has 5 nitrogen and oxygen atoms in total. The summed E-state index contributed by atoms with van der Waals surface area (Å²) in [4.78, 5) is 13.1. The summed E-state index contributed by atoms with van der Waals surface area (Å²) in [6, 6.07) is 1.46. The first kappa shape index (κ1) is 13.9. The molecule has 1 heterocycles. The number of aliphatic hydroxyl groups excluding tert-OH is 1. The third kappa shape index (κ3) is 3.41. The number of thiophene rings is 1. The number of rotatable bonds is 5. The average molecular weight is 258 g/mol. The molecule has 0 aliphatic rings. The molecule has 0 unspecified atom stereocenters. The van der Waals surface area contributed by atoms with Gasteiger partial charge in [-0.1, -0.05) is 13.8 Å². The van der Waals surface area contributed by atoms with Crippen molar-refractivity contribution >= 4 is 22.0 Å². The molecule has 96 valence electrons. The summed E-state index contributed by atoms with van der Waals surface area (Å²) < 4.78 is 0. The van der Waals surface area contributed by atoms with E-state index in [0.717, 1.165) is 6.54 Å². The van der Waals surface area contributed by atoms with Gasteiger partial charge >= 0.3 is 5.69 Å². The molecule has 0 fully saturated rings. The van der Waals surface area contributed by atoms with Crippen LogP contribution in [0.15, 0.2) is 6.07 Å². The van der Waals surface area contributed by atoms with Gasteiger partial charge < -0.3 is 10.0 Å². The molecule has 1 aromatic heterocycles. The van der Waals surface area contributed by atoms with Crippen molar-refractivity contribution in [1.29, 1.82) is 0 Å². The summed E-state index contributed by atoms with van der Waals surface area (Å²) in [5.74, 6) is 0.428. The topological polar surface area (TPSA) is 66.6 Å². The van der Waals surface area contributed by atoms with Crippen LogP contribution in [0.5, 0.6) is 0 Å². The second kappa shape index (κ2) is 5.46. The van der Waals surface area contributed by atoms with Gasteiger partial charge in [0.1, 0.15) is 0 Å². The van der Waals surface area contributed by atoms with Crippen LogP contribution in [0.2, 0.25) is 0 Å². The molecule has 1 N–H and O–H groups in total. The molecule has 0 bridgehead atoms. The van der Waals surface area contributed by atoms with Crippen LogP contribution in [0.1, 0.15) is 31.8 Å². The average Bonchev–Trinajstić information content (AvgIpc) is 2.60. The van der Waals surface area contributed by atoms with Crippen molar-refractivity contribution in [3.05, 3.63) is 21.1 Å². The Kier molecular flexibility index (Phi) is 4.47. The van der Waals surface area contributed by atoms with Gasteiger partial charge in [0.15, 0.2) is 5.00 Å². The molecule has 0 amide bonds. The molecule has 0 saturated carbocycles. The van der Waals surface area contributed by atoms with Crippen molar-refractivity contribution in [2.24, 2.45) is 5.92 Å². The Hall–Kier alpha value is -1.14. The first-order chi connectivity index (χ1) is 7.82. The summed E-state index contributed by atoms with van der Waals surface area (Å²) in [6.45, 7) is 6.49. The number of nitrogens with zero attached hydrogens (tertiary/aromatic N) is 2. The highest BCUT2D eigenvalue weighted by atomic mass is 32.1. The monoisotopic (exact) mass is 258 g/mol. The summed E-state index contributed by atoms with van der Waals surface area (Å²) in [5.41, 5.74) is 0.0778. The van der Waals surface area contributed by atoms with Crippen LogP contribution in [-0.4, -0.2) is 23.6 Å². The third-order valence-electron chi connectivity index (χ3n) is 2.31. The fourth-order valence-electron chi connectivity index (χ4n) is 1.63. The smallest absolute Gasteiger partial charge is 0.304 e. The lowest BCUT2D eigenvalue weighted by molar-refractivity contribution is -0.383. The molecular weight excluding hydrogens is 240 g/mol. The summed E-state index contributed by atoms with van der Waals surface area (Å²) >= 11 is 1.28. The molecule has 0 spiro atoms. The maximum absolute atomic E-state index is 11.0. The second-order valence-electron chi connectivity index (χ2n) is 4.55. The Bertz CT molecular complexity index is 401. The first-order valence-corrected chi connectivity index (χ1v) is 6.32. The van der Waals surface area contributed by atoms with Crippen molar-refractivity contribution < 1.29 is 10.0 Å². The quantitative estimate of drug-likeness (QED) is 0.651. The van der Waals surface area contributed by atoms with Gasteiger partial charge in [-0.05, 0) is 12.8 Å². The third-order valence-corrected chi connectivity index (χ3v) is 3.72. The highest BCUT2D eigenvalue weighted by molar-refractivity contribution is 7.16. The van der Waals surface area contributed by atoms with E-state index in [0.29, 0.717) is 15.8 Å². The van der Waals surface area contributed by atoms with Gasteiger partial charge in [-0.3, -0.25) is 10.1 Å². The number of aliphatic hydroxyl groups is 1. The summed E-state index contributed by atoms with van der Waals surface area (Å²) in [6.07, 6.45) is -0.667. The lowest BCUT2D eigenvalue weighted by Crippen LogP contribution is -2.22. The van der Waals surface area contributed by atoms with E-state index in [1.807, 2.05) is 11.9 Å². The molecule has 1 atom stereocenters. The lowest BCUT2D eigenvalue weighted by atomic mass is 10.2. The van der Waals surface area contributed by atoms with E-state index >= 15 is 0 Å². The summed E-state index contributed by atoms with van der Waals surface area (Å²) in [7, 11) is 1.84. The maximum atomic E-state index is 11.0. The molecule has 0 radical (unpaired) electrons. The molecule has 1 rings (SSSR count). The van der Waals surface area contributed by atoms with E-state index in [2.05, 4.69) is 13.8 Å². The minimum absolute atomic E-state index is 0.0778. The van der Waals surface area contributed by atoms with Crippen molar-refractivity contribution in [2.75, 3.05) is 18.5 Å². The van der Waals surface area contributed by atoms with Crippen LogP contribution in [0.25, 0.3) is 0 Å². The van der Waals surface area contributed by atoms with Crippen molar-refractivity contribution in [1.82, 2.24) is 0 Å². The predicted molar refractivity (Wildman–Crippen MR) is 69.7 cm³/mol. The van der Waals surface area contributed by atoms with Crippen LogP contribution in [-0.2, 0) is 0 Å². The normalized spacial score (nSPS) is 12.8. The highest BCUT2D eigenvalue weighted by Crippen LogP contribution is 2.39. The standard InChI is InChI=1S/C11H18N2O3S/c1-7(2)6-12(4)11-9(13(15)16)5-10(17-11)8(3)14/h5,7-8,14H,6H2,1-4H3/t8-/m1/s1. The van der Waals surface area contributed by atoms with E-state index in [1.165, 1.54) is 17.4 Å². The van der Waals surface area contributed by atoms with E-state index in [1.54, 1.807) is 6.92 Å². The van der Waals surface area contributed by atoms with Crippen LogP contribution >= 0.6 is 11.3 Å². The van der Waals surface area contributed by atoms with Crippen LogP contribution in [0.3, 0.4) is 0 Å². The molecular formula is C11H18N2O3S. The molecule has 17 heavy (non-hydrogen) atoms. The number of hydrogen-bond donors (Lipinski definition) is 1. The van der Waals surface area contributed by atoms with Gasteiger partial charge in [0, 0.05) is 24.5 Å². The van der Waals surface area contributed by atoms with Crippen molar-refractivity contribution in [3.63, 3.8) is 0 Å². The SMILES string of the molecule is CC(C)CN(C)c1sc([C@@H](C)O)cc1[N+](=O)[O-]. The fourth-order valence-corrected chi connectivity index (χ4v) is 2.66. The minimum Gasteiger partial charge on any atom is -0.388 e. The first-order valence-electron chi connectivity index (χ1n) is 5.50. The van der Waals surface area contributed by atoms with Crippen LogP contribution in [0.4, 0.5) is 10.7 Å². The Balaban J connectivity index is 3.07. The largest absolute Gasteiger partial charge is 0.388 e. The van der Waals surface area contributed by atoms with Gasteiger partial charge in [0.25, 0.3) is 0 Å². The Morgan fingerprint density at radius 3 is 2.53 bits per heavy atom. The molecule has 6 heteroatoms. The maximum Gasteiger partial charge on any atom is 0.304 e. The van der Waals surface area contributed by atoms with Gasteiger partial charge in [-0.25, -0.2) is 0 Å². The molecule has 0 saturated heterocycles. The highest BCUT2D eigenvalue weighted by Gasteiger charge is 2.23. The number of hydrogen-bond acceptors (Lipinski definition) is 5.